The van der Waals surface area contributed by atoms with E-state index in [1.807, 2.05) is 0 Å². The fourth-order valence-corrected chi connectivity index (χ4v) is 2.49. The summed E-state index contributed by atoms with van der Waals surface area (Å²) in [6, 6.07) is 8.69. The van der Waals surface area contributed by atoms with Crippen LogP contribution in [0.2, 0.25) is 0 Å². The van der Waals surface area contributed by atoms with Gasteiger partial charge in [0.1, 0.15) is 12.3 Å². The summed E-state index contributed by atoms with van der Waals surface area (Å²) in [5.74, 6) is -1.56. The van der Waals surface area contributed by atoms with Crippen molar-refractivity contribution < 1.29 is 28.6 Å². The first-order chi connectivity index (χ1) is 13.1. The molecule has 1 atom stereocenters. The SMILES string of the molecule is O=C(O)c1ccnc(/C(COc2ccccc2F)=N/OC2CCCCO2)c1. The van der Waals surface area contributed by atoms with Gasteiger partial charge in [0.2, 0.25) is 6.29 Å². The number of carboxylic acids is 1. The molecule has 0 radical (unpaired) electrons. The van der Waals surface area contributed by atoms with Gasteiger partial charge in [-0.3, -0.25) is 4.98 Å². The topological polar surface area (TPSA) is 90.2 Å². The number of pyridine rings is 1. The molecule has 0 saturated carbocycles. The summed E-state index contributed by atoms with van der Waals surface area (Å²) in [7, 11) is 0. The second-order valence-corrected chi connectivity index (χ2v) is 5.89. The number of ether oxygens (including phenoxy) is 2. The molecule has 8 heteroatoms. The molecule has 2 aromatic rings. The van der Waals surface area contributed by atoms with E-state index in [9.17, 15) is 9.18 Å². The van der Waals surface area contributed by atoms with Gasteiger partial charge in [-0.25, -0.2) is 9.18 Å². The van der Waals surface area contributed by atoms with E-state index in [1.165, 1.54) is 30.5 Å². The van der Waals surface area contributed by atoms with Crippen LogP contribution >= 0.6 is 0 Å². The van der Waals surface area contributed by atoms with Crippen molar-refractivity contribution in [3.05, 3.63) is 59.7 Å². The van der Waals surface area contributed by atoms with Crippen molar-refractivity contribution in [3.63, 3.8) is 0 Å². The zero-order valence-electron chi connectivity index (χ0n) is 14.5. The Morgan fingerprint density at radius 2 is 2.19 bits per heavy atom. The number of aromatic nitrogens is 1. The van der Waals surface area contributed by atoms with Crippen LogP contribution in [-0.4, -0.2) is 41.3 Å². The largest absolute Gasteiger partial charge is 0.484 e. The average molecular weight is 374 g/mol. The molecule has 1 unspecified atom stereocenters. The summed E-state index contributed by atoms with van der Waals surface area (Å²) in [6.07, 6.45) is 3.51. The fraction of sp³-hybridized carbons (Fsp3) is 0.316. The number of para-hydroxylation sites is 1. The molecule has 1 N–H and O–H groups in total. The average Bonchev–Trinajstić information content (AvgIpc) is 2.70. The summed E-state index contributed by atoms with van der Waals surface area (Å²) < 4.78 is 24.7. The van der Waals surface area contributed by atoms with Gasteiger partial charge in [-0.05, 0) is 37.1 Å². The first-order valence-electron chi connectivity index (χ1n) is 8.55. The number of hydrogen-bond donors (Lipinski definition) is 1. The molecule has 3 rings (SSSR count). The van der Waals surface area contributed by atoms with Gasteiger partial charge in [0, 0.05) is 12.6 Å². The minimum atomic E-state index is -1.09. The summed E-state index contributed by atoms with van der Waals surface area (Å²) in [6.45, 7) is 0.442. The molecule has 27 heavy (non-hydrogen) atoms. The van der Waals surface area contributed by atoms with Gasteiger partial charge in [0.05, 0.1) is 17.9 Å². The van der Waals surface area contributed by atoms with E-state index >= 15 is 0 Å². The van der Waals surface area contributed by atoms with E-state index in [2.05, 4.69) is 10.1 Å². The lowest BCUT2D eigenvalue weighted by atomic mass is 10.2. The lowest BCUT2D eigenvalue weighted by Gasteiger charge is -2.20. The van der Waals surface area contributed by atoms with Gasteiger partial charge in [-0.2, -0.15) is 0 Å². The van der Waals surface area contributed by atoms with Crippen LogP contribution in [0.25, 0.3) is 0 Å². The first kappa shape index (κ1) is 18.8. The summed E-state index contributed by atoms with van der Waals surface area (Å²) in [5, 5.41) is 13.2. The van der Waals surface area contributed by atoms with Crippen LogP contribution < -0.4 is 4.74 Å². The fourth-order valence-electron chi connectivity index (χ4n) is 2.49. The van der Waals surface area contributed by atoms with E-state index in [4.69, 9.17) is 19.4 Å². The Morgan fingerprint density at radius 1 is 1.33 bits per heavy atom. The summed E-state index contributed by atoms with van der Waals surface area (Å²) in [5.41, 5.74) is 0.546. The molecular formula is C19H19FN2O5. The van der Waals surface area contributed by atoms with Gasteiger partial charge in [-0.15, -0.1) is 0 Å². The van der Waals surface area contributed by atoms with E-state index in [0.717, 1.165) is 12.8 Å². The van der Waals surface area contributed by atoms with Gasteiger partial charge in [0.25, 0.3) is 0 Å². The van der Waals surface area contributed by atoms with Crippen molar-refractivity contribution in [2.75, 3.05) is 13.2 Å². The van der Waals surface area contributed by atoms with Crippen LogP contribution in [0.3, 0.4) is 0 Å². The lowest BCUT2D eigenvalue weighted by Crippen LogP contribution is -2.22. The molecule has 1 aromatic heterocycles. The van der Waals surface area contributed by atoms with Crippen LogP contribution in [0.1, 0.15) is 35.3 Å². The number of rotatable bonds is 7. The van der Waals surface area contributed by atoms with Crippen LogP contribution in [0.4, 0.5) is 4.39 Å². The number of aromatic carboxylic acids is 1. The van der Waals surface area contributed by atoms with E-state index in [0.29, 0.717) is 13.0 Å². The van der Waals surface area contributed by atoms with Crippen molar-refractivity contribution in [2.24, 2.45) is 5.16 Å². The minimum absolute atomic E-state index is 0.0486. The Morgan fingerprint density at radius 3 is 2.93 bits per heavy atom. The number of nitrogens with zero attached hydrogens (tertiary/aromatic N) is 2. The molecule has 1 aliphatic rings. The zero-order chi connectivity index (χ0) is 19.1. The molecule has 0 spiro atoms. The number of halogens is 1. The number of carbonyl (C=O) groups is 1. The second kappa shape index (κ2) is 9.09. The number of oxime groups is 1. The van der Waals surface area contributed by atoms with Crippen LogP contribution in [0.5, 0.6) is 5.75 Å². The monoisotopic (exact) mass is 374 g/mol. The Hall–Kier alpha value is -3.00. The molecule has 1 aliphatic heterocycles. The Labute approximate surface area is 155 Å². The molecule has 1 aromatic carbocycles. The van der Waals surface area contributed by atoms with E-state index in [-0.39, 0.29) is 29.3 Å². The third kappa shape index (κ3) is 5.24. The maximum atomic E-state index is 13.8. The molecular weight excluding hydrogens is 355 g/mol. The second-order valence-electron chi connectivity index (χ2n) is 5.89. The van der Waals surface area contributed by atoms with E-state index < -0.39 is 18.1 Å². The van der Waals surface area contributed by atoms with Crippen LogP contribution in [0, 0.1) is 5.82 Å². The number of carboxylic acid groups (broad SMARTS) is 1. The van der Waals surface area contributed by atoms with Crippen LogP contribution in [-0.2, 0) is 9.57 Å². The highest BCUT2D eigenvalue weighted by Gasteiger charge is 2.17. The molecule has 2 heterocycles. The molecule has 0 aliphatic carbocycles. The molecule has 142 valence electrons. The normalized spacial score (nSPS) is 17.4. The first-order valence-corrected chi connectivity index (χ1v) is 8.55. The Kier molecular flexibility index (Phi) is 6.32. The third-order valence-electron chi connectivity index (χ3n) is 3.92. The van der Waals surface area contributed by atoms with Crippen molar-refractivity contribution in [1.29, 1.82) is 0 Å². The van der Waals surface area contributed by atoms with Gasteiger partial charge in [-0.1, -0.05) is 17.3 Å². The smallest absolute Gasteiger partial charge is 0.335 e. The molecule has 0 amide bonds. The highest BCUT2D eigenvalue weighted by Crippen LogP contribution is 2.17. The lowest BCUT2D eigenvalue weighted by molar-refractivity contribution is -0.162. The summed E-state index contributed by atoms with van der Waals surface area (Å²) in [4.78, 5) is 20.8. The highest BCUT2D eigenvalue weighted by molar-refractivity contribution is 6.01. The standard InChI is InChI=1S/C19H19FN2O5/c20-14-5-1-2-6-17(14)26-12-16(22-27-18-7-3-4-10-25-18)15-11-13(19(23)24)8-9-21-15/h1-2,5-6,8-9,11,18H,3-4,7,10,12H2,(H,23,24)/b22-16+. The molecule has 1 saturated heterocycles. The van der Waals surface area contributed by atoms with Gasteiger partial charge < -0.3 is 19.4 Å². The maximum absolute atomic E-state index is 13.8. The third-order valence-corrected chi connectivity index (χ3v) is 3.92. The van der Waals surface area contributed by atoms with Crippen molar-refractivity contribution >= 4 is 11.7 Å². The maximum Gasteiger partial charge on any atom is 0.335 e. The summed E-state index contributed by atoms with van der Waals surface area (Å²) >= 11 is 0. The zero-order valence-corrected chi connectivity index (χ0v) is 14.5. The Bertz CT molecular complexity index is 821. The van der Waals surface area contributed by atoms with Crippen molar-refractivity contribution in [2.45, 2.75) is 25.6 Å². The highest BCUT2D eigenvalue weighted by atomic mass is 19.1. The molecule has 7 nitrogen and oxygen atoms in total. The van der Waals surface area contributed by atoms with Crippen molar-refractivity contribution in [1.82, 2.24) is 4.98 Å². The van der Waals surface area contributed by atoms with Gasteiger partial charge in [0.15, 0.2) is 11.6 Å². The Balaban J connectivity index is 1.80. The number of benzene rings is 1. The van der Waals surface area contributed by atoms with E-state index in [1.54, 1.807) is 12.1 Å². The quantitative estimate of drug-likeness (QED) is 0.591. The van der Waals surface area contributed by atoms with Crippen LogP contribution in [0.15, 0.2) is 47.8 Å². The predicted octanol–water partition coefficient (Wildman–Crippen LogP) is 3.25. The minimum Gasteiger partial charge on any atom is -0.484 e. The molecule has 0 bridgehead atoms. The van der Waals surface area contributed by atoms with Crippen molar-refractivity contribution in [3.8, 4) is 5.75 Å². The molecule has 1 fully saturated rings. The van der Waals surface area contributed by atoms with Gasteiger partial charge >= 0.3 is 5.97 Å². The predicted molar refractivity (Wildman–Crippen MR) is 94.3 cm³/mol. The number of hydrogen-bond acceptors (Lipinski definition) is 6.